The fourth-order valence-electron chi connectivity index (χ4n) is 2.48. The van der Waals surface area contributed by atoms with Gasteiger partial charge in [0.05, 0.1) is 6.61 Å². The number of halogens is 2. The molecule has 0 spiro atoms. The molecule has 7 heteroatoms. The van der Waals surface area contributed by atoms with E-state index in [2.05, 4.69) is 10.6 Å². The van der Waals surface area contributed by atoms with Crippen LogP contribution in [-0.4, -0.2) is 38.6 Å². The summed E-state index contributed by atoms with van der Waals surface area (Å²) in [5.74, 6) is -2.56. The molecule has 0 heterocycles. The third-order valence-corrected chi connectivity index (χ3v) is 3.78. The number of carbonyl (C=O) groups is 2. The molecule has 126 valence electrons. The van der Waals surface area contributed by atoms with Gasteiger partial charge in [0.15, 0.2) is 0 Å². The molecule has 0 aromatic heterocycles. The predicted molar refractivity (Wildman–Crippen MR) is 79.7 cm³/mol. The molecule has 0 bridgehead atoms. The number of carbonyl (C=O) groups excluding carboxylic acids is 2. The summed E-state index contributed by atoms with van der Waals surface area (Å²) in [6.07, 6.45) is 0.574. The molecule has 0 unspecified atom stereocenters. The van der Waals surface area contributed by atoms with Gasteiger partial charge < -0.3 is 15.4 Å². The molecular formula is C16H20F2N2O3. The molecule has 1 fully saturated rings. The Labute approximate surface area is 133 Å². The number of amides is 2. The van der Waals surface area contributed by atoms with Crippen LogP contribution in [0.3, 0.4) is 0 Å². The molecular weight excluding hydrogens is 306 g/mol. The molecule has 1 aromatic carbocycles. The zero-order valence-corrected chi connectivity index (χ0v) is 12.9. The van der Waals surface area contributed by atoms with Crippen LogP contribution in [0.1, 0.15) is 24.3 Å². The standard InChI is InChI=1S/C16H20F2N2O3/c1-23-8-7-19-14(21)5-6-20-16(22)11-9-10(11)15-12(17)3-2-4-13(15)18/h2-4,10-11H,5-9H2,1H3,(H,19,21)(H,20,22)/t10-,11+/m0/s1. The molecule has 1 saturated carbocycles. The molecule has 1 aromatic rings. The Morgan fingerprint density at radius 3 is 2.57 bits per heavy atom. The van der Waals surface area contributed by atoms with Crippen molar-refractivity contribution in [2.75, 3.05) is 26.8 Å². The van der Waals surface area contributed by atoms with Crippen molar-refractivity contribution in [1.29, 1.82) is 0 Å². The molecule has 2 amide bonds. The van der Waals surface area contributed by atoms with Crippen molar-refractivity contribution in [2.45, 2.75) is 18.8 Å². The SMILES string of the molecule is COCCNC(=O)CCNC(=O)[C@@H]1C[C@@H]1c1c(F)cccc1F. The molecule has 1 aliphatic carbocycles. The van der Waals surface area contributed by atoms with Crippen molar-refractivity contribution < 1.29 is 23.1 Å². The lowest BCUT2D eigenvalue weighted by molar-refractivity contribution is -0.123. The van der Waals surface area contributed by atoms with E-state index in [-0.39, 0.29) is 30.3 Å². The van der Waals surface area contributed by atoms with Gasteiger partial charge in [-0.15, -0.1) is 0 Å². The van der Waals surface area contributed by atoms with Crippen LogP contribution in [-0.2, 0) is 14.3 Å². The zero-order chi connectivity index (χ0) is 16.8. The average Bonchev–Trinajstić information content (AvgIpc) is 3.27. The van der Waals surface area contributed by atoms with Crippen LogP contribution in [0.15, 0.2) is 18.2 Å². The third-order valence-electron chi connectivity index (χ3n) is 3.78. The van der Waals surface area contributed by atoms with Gasteiger partial charge in [-0.3, -0.25) is 9.59 Å². The monoisotopic (exact) mass is 326 g/mol. The Kier molecular flexibility index (Phi) is 6.04. The van der Waals surface area contributed by atoms with E-state index in [0.717, 1.165) is 0 Å². The second kappa shape index (κ2) is 8.01. The van der Waals surface area contributed by atoms with E-state index in [1.807, 2.05) is 0 Å². The van der Waals surface area contributed by atoms with Crippen LogP contribution < -0.4 is 10.6 Å². The lowest BCUT2D eigenvalue weighted by Crippen LogP contribution is -2.33. The number of nitrogens with one attached hydrogen (secondary N) is 2. The third kappa shape index (κ3) is 4.72. The van der Waals surface area contributed by atoms with Crippen molar-refractivity contribution in [3.63, 3.8) is 0 Å². The van der Waals surface area contributed by atoms with Crippen LogP contribution >= 0.6 is 0 Å². The second-order valence-corrected chi connectivity index (χ2v) is 5.47. The van der Waals surface area contributed by atoms with Crippen molar-refractivity contribution in [3.05, 3.63) is 35.4 Å². The Bertz CT molecular complexity index is 560. The quantitative estimate of drug-likeness (QED) is 0.709. The predicted octanol–water partition coefficient (Wildman–Crippen LogP) is 1.34. The van der Waals surface area contributed by atoms with Gasteiger partial charge in [0, 0.05) is 44.0 Å². The van der Waals surface area contributed by atoms with E-state index in [9.17, 15) is 18.4 Å². The number of rotatable bonds is 8. The number of methoxy groups -OCH3 is 1. The van der Waals surface area contributed by atoms with Crippen LogP contribution in [0.4, 0.5) is 8.78 Å². The molecule has 2 N–H and O–H groups in total. The minimum absolute atomic E-state index is 0.0232. The maximum atomic E-state index is 13.6. The van der Waals surface area contributed by atoms with E-state index < -0.39 is 23.5 Å². The smallest absolute Gasteiger partial charge is 0.223 e. The van der Waals surface area contributed by atoms with Gasteiger partial charge in [0.25, 0.3) is 0 Å². The molecule has 2 rings (SSSR count). The van der Waals surface area contributed by atoms with Crippen LogP contribution in [0.25, 0.3) is 0 Å². The second-order valence-electron chi connectivity index (χ2n) is 5.47. The number of ether oxygens (including phenoxy) is 1. The average molecular weight is 326 g/mol. The fourth-order valence-corrected chi connectivity index (χ4v) is 2.48. The maximum Gasteiger partial charge on any atom is 0.223 e. The Hall–Kier alpha value is -2.02. The normalized spacial score (nSPS) is 19.3. The number of hydrogen-bond acceptors (Lipinski definition) is 3. The Morgan fingerprint density at radius 2 is 1.91 bits per heavy atom. The highest BCUT2D eigenvalue weighted by Crippen LogP contribution is 2.49. The lowest BCUT2D eigenvalue weighted by atomic mass is 10.1. The minimum Gasteiger partial charge on any atom is -0.383 e. The summed E-state index contributed by atoms with van der Waals surface area (Å²) in [6, 6.07) is 3.68. The van der Waals surface area contributed by atoms with Crippen molar-refractivity contribution in [2.24, 2.45) is 5.92 Å². The highest BCUT2D eigenvalue weighted by atomic mass is 19.1. The van der Waals surface area contributed by atoms with Gasteiger partial charge in [-0.1, -0.05) is 6.07 Å². The van der Waals surface area contributed by atoms with E-state index in [0.29, 0.717) is 19.6 Å². The summed E-state index contributed by atoms with van der Waals surface area (Å²) in [7, 11) is 1.54. The first-order valence-corrected chi connectivity index (χ1v) is 7.51. The molecule has 23 heavy (non-hydrogen) atoms. The van der Waals surface area contributed by atoms with Gasteiger partial charge in [0.1, 0.15) is 11.6 Å². The topological polar surface area (TPSA) is 67.4 Å². The summed E-state index contributed by atoms with van der Waals surface area (Å²) in [5, 5.41) is 5.27. The van der Waals surface area contributed by atoms with Gasteiger partial charge in [0.2, 0.25) is 11.8 Å². The van der Waals surface area contributed by atoms with E-state index >= 15 is 0 Å². The van der Waals surface area contributed by atoms with E-state index in [4.69, 9.17) is 4.74 Å². The summed E-state index contributed by atoms with van der Waals surface area (Å²) >= 11 is 0. The lowest BCUT2D eigenvalue weighted by Gasteiger charge is -2.07. The van der Waals surface area contributed by atoms with Crippen molar-refractivity contribution in [3.8, 4) is 0 Å². The highest BCUT2D eigenvalue weighted by molar-refractivity contribution is 5.83. The van der Waals surface area contributed by atoms with Crippen LogP contribution in [0.2, 0.25) is 0 Å². The van der Waals surface area contributed by atoms with Gasteiger partial charge in [-0.25, -0.2) is 8.78 Å². The molecule has 5 nitrogen and oxygen atoms in total. The van der Waals surface area contributed by atoms with E-state index in [1.165, 1.54) is 25.3 Å². The zero-order valence-electron chi connectivity index (χ0n) is 12.9. The number of benzene rings is 1. The Balaban J connectivity index is 1.73. The summed E-state index contributed by atoms with van der Waals surface area (Å²) in [5.41, 5.74) is -0.0232. The molecule has 0 saturated heterocycles. The molecule has 2 atom stereocenters. The fraction of sp³-hybridized carbons (Fsp3) is 0.500. The molecule has 0 radical (unpaired) electrons. The number of hydrogen-bond donors (Lipinski definition) is 2. The minimum atomic E-state index is -0.622. The first-order valence-electron chi connectivity index (χ1n) is 7.51. The first-order chi connectivity index (χ1) is 11.0. The molecule has 1 aliphatic rings. The Morgan fingerprint density at radius 1 is 1.22 bits per heavy atom. The summed E-state index contributed by atoms with van der Waals surface area (Å²) in [6.45, 7) is 1.04. The van der Waals surface area contributed by atoms with Gasteiger partial charge in [-0.2, -0.15) is 0 Å². The first kappa shape index (κ1) is 17.3. The maximum absolute atomic E-state index is 13.6. The largest absolute Gasteiger partial charge is 0.383 e. The van der Waals surface area contributed by atoms with Gasteiger partial charge >= 0.3 is 0 Å². The van der Waals surface area contributed by atoms with Crippen LogP contribution in [0.5, 0.6) is 0 Å². The highest BCUT2D eigenvalue weighted by Gasteiger charge is 2.46. The van der Waals surface area contributed by atoms with Gasteiger partial charge in [-0.05, 0) is 18.6 Å². The van der Waals surface area contributed by atoms with E-state index in [1.54, 1.807) is 0 Å². The van der Waals surface area contributed by atoms with Crippen molar-refractivity contribution in [1.82, 2.24) is 10.6 Å². The van der Waals surface area contributed by atoms with Crippen LogP contribution in [0, 0.1) is 17.6 Å². The molecule has 0 aliphatic heterocycles. The summed E-state index contributed by atoms with van der Waals surface area (Å²) < 4.78 is 32.1. The van der Waals surface area contributed by atoms with Crippen molar-refractivity contribution >= 4 is 11.8 Å². The summed E-state index contributed by atoms with van der Waals surface area (Å²) in [4.78, 5) is 23.4.